The quantitative estimate of drug-likeness (QED) is 0.782. The number of carboxylic acids is 1. The number of rotatable bonds is 5. The molecule has 1 unspecified atom stereocenters. The van der Waals surface area contributed by atoms with Gasteiger partial charge in [0.2, 0.25) is 0 Å². The van der Waals surface area contributed by atoms with Gasteiger partial charge in [0, 0.05) is 11.4 Å². The maximum Gasteiger partial charge on any atom is 0.312 e. The van der Waals surface area contributed by atoms with E-state index in [0.717, 1.165) is 0 Å². The second kappa shape index (κ2) is 5.81. The first kappa shape index (κ1) is 12.9. The Balaban J connectivity index is 2.92. The largest absolute Gasteiger partial charge is 0.481 e. The maximum absolute atomic E-state index is 12.1. The van der Waals surface area contributed by atoms with Crippen LogP contribution in [0.15, 0.2) is 29.2 Å². The van der Waals surface area contributed by atoms with Crippen molar-refractivity contribution in [2.75, 3.05) is 6.54 Å². The molecule has 0 saturated carbocycles. The summed E-state index contributed by atoms with van der Waals surface area (Å²) < 4.78 is 24.2. The first-order valence-electron chi connectivity index (χ1n) is 4.52. The Morgan fingerprint density at radius 1 is 1.50 bits per heavy atom. The molecule has 3 nitrogen and oxygen atoms in total. The molecule has 1 atom stereocenters. The van der Waals surface area contributed by atoms with Gasteiger partial charge in [-0.25, -0.2) is 0 Å². The zero-order chi connectivity index (χ0) is 12.1. The van der Waals surface area contributed by atoms with Gasteiger partial charge in [0.05, 0.1) is 5.92 Å². The van der Waals surface area contributed by atoms with E-state index < -0.39 is 17.6 Å². The van der Waals surface area contributed by atoms with Gasteiger partial charge >= 0.3 is 5.97 Å². The minimum Gasteiger partial charge on any atom is -0.481 e. The lowest BCUT2D eigenvalue weighted by Crippen LogP contribution is -2.21. The molecule has 0 aliphatic rings. The number of hydrogen-bond acceptors (Lipinski definition) is 3. The molecule has 0 radical (unpaired) electrons. The van der Waals surface area contributed by atoms with E-state index in [0.29, 0.717) is 22.2 Å². The van der Waals surface area contributed by atoms with Gasteiger partial charge in [-0.2, -0.15) is 8.78 Å². The van der Waals surface area contributed by atoms with E-state index in [1.165, 1.54) is 12.1 Å². The van der Waals surface area contributed by atoms with Gasteiger partial charge in [-0.1, -0.05) is 23.9 Å². The summed E-state index contributed by atoms with van der Waals surface area (Å²) in [5.41, 5.74) is 5.77. The zero-order valence-electron chi connectivity index (χ0n) is 8.27. The van der Waals surface area contributed by atoms with E-state index in [4.69, 9.17) is 10.8 Å². The Labute approximate surface area is 95.6 Å². The molecule has 1 aromatic rings. The highest BCUT2D eigenvalue weighted by Gasteiger charge is 2.18. The molecule has 16 heavy (non-hydrogen) atoms. The van der Waals surface area contributed by atoms with E-state index in [1.807, 2.05) is 0 Å². The van der Waals surface area contributed by atoms with Gasteiger partial charge in [-0.05, 0) is 17.7 Å². The number of hydrogen-bond donors (Lipinski definition) is 2. The molecule has 88 valence electrons. The minimum atomic E-state index is -2.52. The molecule has 0 spiro atoms. The average Bonchev–Trinajstić information content (AvgIpc) is 2.17. The van der Waals surface area contributed by atoms with Crippen LogP contribution in [0.1, 0.15) is 11.5 Å². The molecule has 0 fully saturated rings. The lowest BCUT2D eigenvalue weighted by atomic mass is 10.00. The number of carbonyl (C=O) groups is 1. The third kappa shape index (κ3) is 3.46. The maximum atomic E-state index is 12.1. The lowest BCUT2D eigenvalue weighted by molar-refractivity contribution is -0.138. The lowest BCUT2D eigenvalue weighted by Gasteiger charge is -2.11. The highest BCUT2D eigenvalue weighted by Crippen LogP contribution is 2.27. The standard InChI is InChI=1S/C10H11F2NO2S/c11-10(12)16-7-3-1-2-6(4-7)8(5-13)9(14)15/h1-4,8,10H,5,13H2,(H,14,15). The Morgan fingerprint density at radius 3 is 2.69 bits per heavy atom. The fraction of sp³-hybridized carbons (Fsp3) is 0.300. The molecule has 0 aliphatic heterocycles. The highest BCUT2D eigenvalue weighted by molar-refractivity contribution is 7.99. The molecule has 0 bridgehead atoms. The molecular formula is C10H11F2NO2S. The van der Waals surface area contributed by atoms with Crippen molar-refractivity contribution >= 4 is 17.7 Å². The number of benzene rings is 1. The Morgan fingerprint density at radius 2 is 2.19 bits per heavy atom. The van der Waals surface area contributed by atoms with Crippen LogP contribution in [-0.2, 0) is 4.79 Å². The zero-order valence-corrected chi connectivity index (χ0v) is 9.08. The molecule has 6 heteroatoms. The first-order valence-corrected chi connectivity index (χ1v) is 5.40. The first-order chi connectivity index (χ1) is 7.54. The predicted octanol–water partition coefficient (Wildman–Crippen LogP) is 2.13. The van der Waals surface area contributed by atoms with Crippen molar-refractivity contribution in [3.63, 3.8) is 0 Å². The van der Waals surface area contributed by atoms with Gasteiger partial charge in [0.25, 0.3) is 5.76 Å². The normalized spacial score (nSPS) is 12.8. The molecule has 0 amide bonds. The van der Waals surface area contributed by atoms with Crippen molar-refractivity contribution in [2.24, 2.45) is 5.73 Å². The van der Waals surface area contributed by atoms with Crippen LogP contribution in [0.4, 0.5) is 8.78 Å². The Bertz CT molecular complexity index is 374. The summed E-state index contributed by atoms with van der Waals surface area (Å²) in [6.45, 7) is -0.0574. The highest BCUT2D eigenvalue weighted by atomic mass is 32.2. The second-order valence-corrected chi connectivity index (χ2v) is 4.14. The van der Waals surface area contributed by atoms with Crippen LogP contribution in [0.25, 0.3) is 0 Å². The summed E-state index contributed by atoms with van der Waals surface area (Å²) in [4.78, 5) is 11.2. The number of thioether (sulfide) groups is 1. The van der Waals surface area contributed by atoms with Gasteiger partial charge in [-0.3, -0.25) is 4.79 Å². The van der Waals surface area contributed by atoms with E-state index >= 15 is 0 Å². The second-order valence-electron chi connectivity index (χ2n) is 3.08. The topological polar surface area (TPSA) is 63.3 Å². The third-order valence-corrected chi connectivity index (χ3v) is 2.72. The molecule has 3 N–H and O–H groups in total. The van der Waals surface area contributed by atoms with Gasteiger partial charge in [0.15, 0.2) is 0 Å². The summed E-state index contributed by atoms with van der Waals surface area (Å²) in [5, 5.41) is 8.86. The molecule has 0 heterocycles. The van der Waals surface area contributed by atoms with Crippen molar-refractivity contribution < 1.29 is 18.7 Å². The molecule has 0 aliphatic carbocycles. The van der Waals surface area contributed by atoms with Crippen LogP contribution in [0.2, 0.25) is 0 Å². The molecule has 1 aromatic carbocycles. The molecule has 1 rings (SSSR count). The summed E-state index contributed by atoms with van der Waals surface area (Å²) in [5.74, 6) is -4.42. The number of aliphatic carboxylic acids is 1. The van der Waals surface area contributed by atoms with Crippen LogP contribution in [0, 0.1) is 0 Å². The fourth-order valence-electron chi connectivity index (χ4n) is 1.29. The van der Waals surface area contributed by atoms with Gasteiger partial charge in [0.1, 0.15) is 0 Å². The Kier molecular flexibility index (Phi) is 4.70. The summed E-state index contributed by atoms with van der Waals surface area (Å²) in [6.07, 6.45) is 0. The van der Waals surface area contributed by atoms with Crippen LogP contribution >= 0.6 is 11.8 Å². The number of carboxylic acid groups (broad SMARTS) is 1. The minimum absolute atomic E-state index is 0.0574. The van der Waals surface area contributed by atoms with Crippen molar-refractivity contribution in [3.8, 4) is 0 Å². The van der Waals surface area contributed by atoms with Crippen LogP contribution in [0.5, 0.6) is 0 Å². The Hall–Kier alpha value is -1.14. The van der Waals surface area contributed by atoms with Crippen molar-refractivity contribution in [3.05, 3.63) is 29.8 Å². The molecule has 0 saturated heterocycles. The average molecular weight is 247 g/mol. The van der Waals surface area contributed by atoms with Gasteiger partial charge < -0.3 is 10.8 Å². The van der Waals surface area contributed by atoms with E-state index in [1.54, 1.807) is 12.1 Å². The SMILES string of the molecule is NCC(C(=O)O)c1cccc(SC(F)F)c1. The summed E-state index contributed by atoms with van der Waals surface area (Å²) in [7, 11) is 0. The van der Waals surface area contributed by atoms with E-state index in [2.05, 4.69) is 0 Å². The van der Waals surface area contributed by atoms with Crippen molar-refractivity contribution in [1.29, 1.82) is 0 Å². The van der Waals surface area contributed by atoms with Gasteiger partial charge in [-0.15, -0.1) is 0 Å². The van der Waals surface area contributed by atoms with E-state index in [9.17, 15) is 13.6 Å². The number of halogens is 2. The summed E-state index contributed by atoms with van der Waals surface area (Å²) in [6, 6.07) is 6.06. The van der Waals surface area contributed by atoms with Crippen LogP contribution < -0.4 is 5.73 Å². The van der Waals surface area contributed by atoms with Crippen LogP contribution in [0.3, 0.4) is 0 Å². The predicted molar refractivity (Wildman–Crippen MR) is 57.7 cm³/mol. The summed E-state index contributed by atoms with van der Waals surface area (Å²) >= 11 is 0.385. The van der Waals surface area contributed by atoms with Crippen molar-refractivity contribution in [2.45, 2.75) is 16.6 Å². The number of alkyl halides is 2. The third-order valence-electron chi connectivity index (χ3n) is 2.02. The van der Waals surface area contributed by atoms with Crippen molar-refractivity contribution in [1.82, 2.24) is 0 Å². The molecule has 0 aromatic heterocycles. The monoisotopic (exact) mass is 247 g/mol. The molecular weight excluding hydrogens is 236 g/mol. The number of nitrogens with two attached hydrogens (primary N) is 1. The smallest absolute Gasteiger partial charge is 0.312 e. The fourth-order valence-corrected chi connectivity index (χ4v) is 1.85. The van der Waals surface area contributed by atoms with Crippen LogP contribution in [-0.4, -0.2) is 23.4 Å². The van der Waals surface area contributed by atoms with E-state index in [-0.39, 0.29) is 6.54 Å².